The van der Waals surface area contributed by atoms with Gasteiger partial charge in [-0.2, -0.15) is 0 Å². The summed E-state index contributed by atoms with van der Waals surface area (Å²) in [5.41, 5.74) is 12.2. The smallest absolute Gasteiger partial charge is 0.254 e. The molecule has 0 radical (unpaired) electrons. The van der Waals surface area contributed by atoms with Gasteiger partial charge in [0.25, 0.3) is 5.91 Å². The maximum Gasteiger partial charge on any atom is 0.254 e. The number of amides is 1. The number of hydrogen-bond acceptors (Lipinski definition) is 3. The summed E-state index contributed by atoms with van der Waals surface area (Å²) in [5, 5.41) is 1.19. The van der Waals surface area contributed by atoms with Crippen molar-refractivity contribution in [2.45, 2.75) is 51.9 Å². The first-order valence-corrected chi connectivity index (χ1v) is 13.1. The summed E-state index contributed by atoms with van der Waals surface area (Å²) in [6.07, 6.45) is 0.839. The highest BCUT2D eigenvalue weighted by Gasteiger charge is 2.31. The standard InChI is InChI=1S/C31H33N5O/c1-20(2)36-28-14-13-24(31(37)34-19-25(32)15-21(34)3)16-26(28)33-30(36)29-17-23-11-7-8-12-27(23)35(29)18-22-9-5-4-6-10-22/h4-14,16-17,20-21,25H,15,18-19,32H2,1-3H3/t21-,25+/m0/s1. The Morgan fingerprint density at radius 1 is 1.00 bits per heavy atom. The average molecular weight is 492 g/mol. The third-order valence-electron chi connectivity index (χ3n) is 7.54. The number of hydrogen-bond donors (Lipinski definition) is 1. The molecule has 6 nitrogen and oxygen atoms in total. The number of carbonyl (C=O) groups excluding carboxylic acids is 1. The van der Waals surface area contributed by atoms with Gasteiger partial charge in [0.15, 0.2) is 5.82 Å². The van der Waals surface area contributed by atoms with Crippen molar-refractivity contribution in [3.05, 3.63) is 90.0 Å². The van der Waals surface area contributed by atoms with Gasteiger partial charge in [0.1, 0.15) is 0 Å². The van der Waals surface area contributed by atoms with E-state index in [9.17, 15) is 4.79 Å². The molecule has 5 aromatic rings. The van der Waals surface area contributed by atoms with Gasteiger partial charge in [0, 0.05) is 47.7 Å². The van der Waals surface area contributed by atoms with Crippen molar-refractivity contribution >= 4 is 27.8 Å². The summed E-state index contributed by atoms with van der Waals surface area (Å²) in [6.45, 7) is 7.79. The molecule has 2 atom stereocenters. The number of aromatic nitrogens is 3. The summed E-state index contributed by atoms with van der Waals surface area (Å²) in [5.74, 6) is 0.944. The van der Waals surface area contributed by atoms with Gasteiger partial charge in [-0.3, -0.25) is 4.79 Å². The Labute approximate surface area is 217 Å². The van der Waals surface area contributed by atoms with Crippen molar-refractivity contribution in [1.29, 1.82) is 0 Å². The molecular weight excluding hydrogens is 458 g/mol. The molecule has 3 aromatic carbocycles. The zero-order valence-electron chi connectivity index (χ0n) is 21.6. The van der Waals surface area contributed by atoms with Gasteiger partial charge in [-0.1, -0.05) is 48.5 Å². The Hall–Kier alpha value is -3.90. The molecule has 1 aliphatic rings. The first kappa shape index (κ1) is 23.5. The molecule has 1 fully saturated rings. The van der Waals surface area contributed by atoms with E-state index in [0.717, 1.165) is 35.5 Å². The second kappa shape index (κ2) is 9.20. The lowest BCUT2D eigenvalue weighted by atomic mass is 10.1. The second-order valence-corrected chi connectivity index (χ2v) is 10.6. The van der Waals surface area contributed by atoms with Crippen molar-refractivity contribution in [2.75, 3.05) is 6.54 Å². The number of imidazole rings is 1. The van der Waals surface area contributed by atoms with E-state index >= 15 is 0 Å². The minimum atomic E-state index is 0.0289. The largest absolute Gasteiger partial charge is 0.334 e. The van der Waals surface area contributed by atoms with Crippen LogP contribution in [-0.2, 0) is 6.54 Å². The quantitative estimate of drug-likeness (QED) is 0.335. The van der Waals surface area contributed by atoms with Crippen LogP contribution in [-0.4, -0.2) is 43.6 Å². The second-order valence-electron chi connectivity index (χ2n) is 10.6. The van der Waals surface area contributed by atoms with E-state index in [1.165, 1.54) is 16.5 Å². The molecule has 1 saturated heterocycles. The lowest BCUT2D eigenvalue weighted by molar-refractivity contribution is 0.0746. The monoisotopic (exact) mass is 491 g/mol. The van der Waals surface area contributed by atoms with Gasteiger partial charge < -0.3 is 19.8 Å². The van der Waals surface area contributed by atoms with Crippen LogP contribution in [0.2, 0.25) is 0 Å². The first-order valence-electron chi connectivity index (χ1n) is 13.1. The van der Waals surface area contributed by atoms with Crippen LogP contribution in [0.4, 0.5) is 0 Å². The molecule has 2 N–H and O–H groups in total. The van der Waals surface area contributed by atoms with Gasteiger partial charge in [0.05, 0.1) is 16.7 Å². The zero-order valence-corrected chi connectivity index (χ0v) is 21.6. The van der Waals surface area contributed by atoms with Gasteiger partial charge in [-0.15, -0.1) is 0 Å². The summed E-state index contributed by atoms with van der Waals surface area (Å²) in [7, 11) is 0. The minimum absolute atomic E-state index is 0.0289. The summed E-state index contributed by atoms with van der Waals surface area (Å²) in [4.78, 5) is 20.4. The number of para-hydroxylation sites is 1. The van der Waals surface area contributed by atoms with Gasteiger partial charge in [0.2, 0.25) is 0 Å². The predicted octanol–water partition coefficient (Wildman–Crippen LogP) is 5.85. The Balaban J connectivity index is 1.49. The Bertz CT molecular complexity index is 1600. The van der Waals surface area contributed by atoms with Crippen LogP contribution in [0.5, 0.6) is 0 Å². The Kier molecular flexibility index (Phi) is 5.84. The van der Waals surface area contributed by atoms with Crippen LogP contribution >= 0.6 is 0 Å². The Morgan fingerprint density at radius 3 is 2.49 bits per heavy atom. The van der Waals surface area contributed by atoms with E-state index in [1.807, 2.05) is 29.2 Å². The number of rotatable bonds is 5. The molecule has 0 aliphatic carbocycles. The number of likely N-dealkylation sites (tertiary alicyclic amines) is 1. The molecule has 188 valence electrons. The van der Waals surface area contributed by atoms with Crippen molar-refractivity contribution in [2.24, 2.45) is 5.73 Å². The summed E-state index contributed by atoms with van der Waals surface area (Å²) >= 11 is 0. The number of nitrogens with zero attached hydrogens (tertiary/aromatic N) is 4. The molecule has 0 spiro atoms. The normalized spacial score (nSPS) is 17.9. The van der Waals surface area contributed by atoms with Crippen molar-refractivity contribution in [1.82, 2.24) is 19.0 Å². The maximum absolute atomic E-state index is 13.3. The van der Waals surface area contributed by atoms with Crippen LogP contribution in [0.1, 0.15) is 49.2 Å². The van der Waals surface area contributed by atoms with Crippen LogP contribution in [0, 0.1) is 0 Å². The van der Waals surface area contributed by atoms with E-state index in [4.69, 9.17) is 10.7 Å². The number of fused-ring (bicyclic) bond motifs is 2. The molecule has 3 heterocycles. The lowest BCUT2D eigenvalue weighted by Gasteiger charge is -2.21. The van der Waals surface area contributed by atoms with E-state index < -0.39 is 0 Å². The van der Waals surface area contributed by atoms with Crippen LogP contribution < -0.4 is 5.73 Å². The van der Waals surface area contributed by atoms with E-state index in [1.54, 1.807) is 0 Å². The fourth-order valence-electron chi connectivity index (χ4n) is 5.79. The zero-order chi connectivity index (χ0) is 25.7. The molecule has 6 heteroatoms. The fourth-order valence-corrected chi connectivity index (χ4v) is 5.79. The SMILES string of the molecule is CC(C)n1c(-c2cc3ccccc3n2Cc2ccccc2)nc2cc(C(=O)N3C[C@H](N)C[C@@H]3C)ccc21. The summed E-state index contributed by atoms with van der Waals surface area (Å²) < 4.78 is 4.64. The molecule has 0 bridgehead atoms. The van der Waals surface area contributed by atoms with Crippen LogP contribution in [0.15, 0.2) is 78.9 Å². The molecule has 1 aliphatic heterocycles. The highest BCUT2D eigenvalue weighted by Crippen LogP contribution is 2.34. The van der Waals surface area contributed by atoms with E-state index in [-0.39, 0.29) is 24.0 Å². The number of carbonyl (C=O) groups is 1. The molecule has 1 amide bonds. The van der Waals surface area contributed by atoms with Gasteiger partial charge >= 0.3 is 0 Å². The first-order chi connectivity index (χ1) is 17.9. The van der Waals surface area contributed by atoms with Gasteiger partial charge in [-0.05, 0) is 63.1 Å². The van der Waals surface area contributed by atoms with Gasteiger partial charge in [-0.25, -0.2) is 4.98 Å². The molecule has 6 rings (SSSR count). The molecule has 0 saturated carbocycles. The number of nitrogens with two attached hydrogens (primary N) is 1. The van der Waals surface area contributed by atoms with E-state index in [2.05, 4.69) is 84.5 Å². The van der Waals surface area contributed by atoms with Crippen LogP contribution in [0.3, 0.4) is 0 Å². The van der Waals surface area contributed by atoms with Crippen molar-refractivity contribution < 1.29 is 4.79 Å². The third-order valence-corrected chi connectivity index (χ3v) is 7.54. The van der Waals surface area contributed by atoms with Crippen molar-refractivity contribution in [3.63, 3.8) is 0 Å². The molecular formula is C31H33N5O. The maximum atomic E-state index is 13.3. The average Bonchev–Trinajstić information content (AvgIpc) is 3.56. The highest BCUT2D eigenvalue weighted by atomic mass is 16.2. The van der Waals surface area contributed by atoms with Crippen LogP contribution in [0.25, 0.3) is 33.5 Å². The number of benzene rings is 3. The highest BCUT2D eigenvalue weighted by molar-refractivity contribution is 5.98. The van der Waals surface area contributed by atoms with E-state index in [0.29, 0.717) is 12.1 Å². The third kappa shape index (κ3) is 4.11. The Morgan fingerprint density at radius 2 is 1.76 bits per heavy atom. The molecule has 2 aromatic heterocycles. The minimum Gasteiger partial charge on any atom is -0.334 e. The topological polar surface area (TPSA) is 69.1 Å². The lowest BCUT2D eigenvalue weighted by Crippen LogP contribution is -2.35. The summed E-state index contributed by atoms with van der Waals surface area (Å²) in [6, 6.07) is 27.6. The molecule has 37 heavy (non-hydrogen) atoms. The fraction of sp³-hybridized carbons (Fsp3) is 0.290. The molecule has 0 unspecified atom stereocenters. The van der Waals surface area contributed by atoms with Crippen molar-refractivity contribution in [3.8, 4) is 11.5 Å². The predicted molar refractivity (Wildman–Crippen MR) is 150 cm³/mol.